The Morgan fingerprint density at radius 2 is 1.64 bits per heavy atom. The molecule has 33 heavy (non-hydrogen) atoms. The number of anilines is 1. The number of carbonyl (C=O) groups is 2. The molecule has 2 unspecified atom stereocenters. The Morgan fingerprint density at radius 3 is 2.18 bits per heavy atom. The predicted molar refractivity (Wildman–Crippen MR) is 131 cm³/mol. The van der Waals surface area contributed by atoms with Gasteiger partial charge in [-0.1, -0.05) is 0 Å². The molecule has 2 bridgehead atoms. The number of likely N-dealkylation sites (tertiary alicyclic amines) is 1. The van der Waals surface area contributed by atoms with E-state index in [-0.39, 0.29) is 34.2 Å². The molecule has 1 aliphatic heterocycles. The minimum Gasteiger partial charge on any atom is -0.481 e. The number of aromatic nitrogens is 1. The maximum Gasteiger partial charge on any atom is 0.307 e. The standard InChI is InChI=1S/C26H36BrN3O3/c1-24(2)10-14(11-25(3,4)30(24)5)18-12-26(18)16-7-8-17(26)21(23(32)33)20(16)22(31)29-15-6-9-19(27)28-13-15/h6,9,13-14,16-18,20-21H,7-8,10-12H2,1-5H3,(H,29,31)(H,32,33)/t16-,17+,18?,20+,21+,26?/m0/s1. The fraction of sp³-hybridized carbons (Fsp3) is 0.731. The van der Waals surface area contributed by atoms with Crippen molar-refractivity contribution in [3.63, 3.8) is 0 Å². The van der Waals surface area contributed by atoms with E-state index in [2.05, 4.69) is 65.9 Å². The molecule has 1 aromatic rings. The van der Waals surface area contributed by atoms with Crippen LogP contribution in [-0.4, -0.2) is 45.0 Å². The Balaban J connectivity index is 1.41. The smallest absolute Gasteiger partial charge is 0.307 e. The molecular weight excluding hydrogens is 482 g/mol. The molecule has 3 aliphatic carbocycles. The van der Waals surface area contributed by atoms with Gasteiger partial charge in [-0.2, -0.15) is 0 Å². The summed E-state index contributed by atoms with van der Waals surface area (Å²) in [7, 11) is 2.23. The quantitative estimate of drug-likeness (QED) is 0.546. The molecule has 1 aromatic heterocycles. The number of carbonyl (C=O) groups excluding carboxylic acids is 1. The van der Waals surface area contributed by atoms with Crippen LogP contribution >= 0.6 is 15.9 Å². The van der Waals surface area contributed by atoms with E-state index in [1.54, 1.807) is 18.3 Å². The third kappa shape index (κ3) is 3.48. The van der Waals surface area contributed by atoms with Crippen LogP contribution in [0.25, 0.3) is 0 Å². The SMILES string of the molecule is CN1C(C)(C)CC(C2CC23[C@@H]2CC[C@H]3[C@@H](C(=O)Nc3ccc(Br)nc3)[C@@H]2C(=O)O)CC1(C)C. The summed E-state index contributed by atoms with van der Waals surface area (Å²) in [5.41, 5.74) is 0.891. The van der Waals surface area contributed by atoms with Crippen molar-refractivity contribution in [2.45, 2.75) is 70.9 Å². The van der Waals surface area contributed by atoms with Gasteiger partial charge in [0, 0.05) is 11.1 Å². The number of hydrogen-bond donors (Lipinski definition) is 2. The van der Waals surface area contributed by atoms with Crippen LogP contribution in [0.3, 0.4) is 0 Å². The van der Waals surface area contributed by atoms with Crippen molar-refractivity contribution in [1.82, 2.24) is 9.88 Å². The van der Waals surface area contributed by atoms with E-state index in [0.29, 0.717) is 22.1 Å². The predicted octanol–water partition coefficient (Wildman–Crippen LogP) is 5.04. The Hall–Kier alpha value is -1.47. The highest BCUT2D eigenvalue weighted by Gasteiger charge is 2.77. The Labute approximate surface area is 205 Å². The highest BCUT2D eigenvalue weighted by Crippen LogP contribution is 2.80. The highest BCUT2D eigenvalue weighted by molar-refractivity contribution is 9.10. The fourth-order valence-electron chi connectivity index (χ4n) is 8.56. The van der Waals surface area contributed by atoms with Gasteiger partial charge in [-0.15, -0.1) is 0 Å². The van der Waals surface area contributed by atoms with Gasteiger partial charge in [0.15, 0.2) is 0 Å². The van der Waals surface area contributed by atoms with Crippen LogP contribution in [0.2, 0.25) is 0 Å². The van der Waals surface area contributed by atoms with Crippen molar-refractivity contribution in [3.8, 4) is 0 Å². The topological polar surface area (TPSA) is 82.5 Å². The van der Waals surface area contributed by atoms with Gasteiger partial charge in [0.05, 0.1) is 23.7 Å². The molecule has 180 valence electrons. The summed E-state index contributed by atoms with van der Waals surface area (Å²) in [6.45, 7) is 9.34. The van der Waals surface area contributed by atoms with Crippen LogP contribution in [0.5, 0.6) is 0 Å². The normalized spacial score (nSPS) is 39.0. The van der Waals surface area contributed by atoms with Crippen LogP contribution in [0.15, 0.2) is 22.9 Å². The molecule has 4 fully saturated rings. The monoisotopic (exact) mass is 517 g/mol. The highest BCUT2D eigenvalue weighted by atomic mass is 79.9. The van der Waals surface area contributed by atoms with Gasteiger partial charge in [0.1, 0.15) is 4.60 Å². The van der Waals surface area contributed by atoms with E-state index in [1.807, 2.05) is 0 Å². The summed E-state index contributed by atoms with van der Waals surface area (Å²) in [5.74, 6) is -0.570. The summed E-state index contributed by atoms with van der Waals surface area (Å²) in [4.78, 5) is 32.6. The second-order valence-electron chi connectivity index (χ2n) is 12.3. The minimum absolute atomic E-state index is 0.0375. The Kier molecular flexibility index (Phi) is 5.30. The largest absolute Gasteiger partial charge is 0.481 e. The zero-order valence-corrected chi connectivity index (χ0v) is 21.9. The molecule has 1 saturated heterocycles. The van der Waals surface area contributed by atoms with Crippen molar-refractivity contribution in [2.24, 2.45) is 40.9 Å². The second-order valence-corrected chi connectivity index (χ2v) is 13.1. The number of amides is 1. The van der Waals surface area contributed by atoms with Crippen LogP contribution in [0.1, 0.15) is 59.8 Å². The molecule has 3 saturated carbocycles. The Bertz CT molecular complexity index is 959. The van der Waals surface area contributed by atoms with Gasteiger partial charge in [-0.25, -0.2) is 4.98 Å². The van der Waals surface area contributed by atoms with Crippen molar-refractivity contribution in [3.05, 3.63) is 22.9 Å². The van der Waals surface area contributed by atoms with Crippen molar-refractivity contribution < 1.29 is 14.7 Å². The molecule has 0 radical (unpaired) electrons. The van der Waals surface area contributed by atoms with Gasteiger partial charge in [-0.3, -0.25) is 14.5 Å². The maximum absolute atomic E-state index is 13.4. The van der Waals surface area contributed by atoms with Crippen molar-refractivity contribution in [1.29, 1.82) is 0 Å². The lowest BCUT2D eigenvalue weighted by Gasteiger charge is -2.54. The van der Waals surface area contributed by atoms with Gasteiger partial charge in [-0.05, 0) is 124 Å². The van der Waals surface area contributed by atoms with Gasteiger partial charge < -0.3 is 10.4 Å². The lowest BCUT2D eigenvalue weighted by molar-refractivity contribution is -0.148. The number of nitrogens with one attached hydrogen (secondary N) is 1. The number of carboxylic acids is 1. The molecular formula is C26H36BrN3O3. The zero-order chi connectivity index (χ0) is 23.9. The molecule has 0 aromatic carbocycles. The zero-order valence-electron chi connectivity index (χ0n) is 20.3. The summed E-state index contributed by atoms with van der Waals surface area (Å²) in [6, 6.07) is 3.59. The number of carboxylic acid groups (broad SMARTS) is 1. The summed E-state index contributed by atoms with van der Waals surface area (Å²) in [6.07, 6.45) is 6.90. The van der Waals surface area contributed by atoms with E-state index >= 15 is 0 Å². The molecule has 5 rings (SSSR count). The second kappa shape index (κ2) is 7.51. The first-order valence-electron chi connectivity index (χ1n) is 12.3. The summed E-state index contributed by atoms with van der Waals surface area (Å²) < 4.78 is 0.701. The Morgan fingerprint density at radius 1 is 1.03 bits per heavy atom. The summed E-state index contributed by atoms with van der Waals surface area (Å²) >= 11 is 3.32. The molecule has 7 heteroatoms. The minimum atomic E-state index is -0.801. The molecule has 2 heterocycles. The van der Waals surface area contributed by atoms with Gasteiger partial charge in [0.2, 0.25) is 5.91 Å². The molecule has 4 aliphatic rings. The number of halogens is 1. The van der Waals surface area contributed by atoms with Crippen molar-refractivity contribution in [2.75, 3.05) is 12.4 Å². The van der Waals surface area contributed by atoms with Crippen LogP contribution in [0.4, 0.5) is 5.69 Å². The first kappa shape index (κ1) is 23.3. The number of piperidine rings is 1. The number of rotatable bonds is 4. The van der Waals surface area contributed by atoms with Crippen LogP contribution in [0, 0.1) is 40.9 Å². The molecule has 6 atom stereocenters. The molecule has 6 nitrogen and oxygen atoms in total. The number of nitrogens with zero attached hydrogens (tertiary/aromatic N) is 2. The number of aliphatic carboxylic acids is 1. The molecule has 2 N–H and O–H groups in total. The van der Waals surface area contributed by atoms with E-state index < -0.39 is 17.8 Å². The van der Waals surface area contributed by atoms with Gasteiger partial charge in [0.25, 0.3) is 0 Å². The van der Waals surface area contributed by atoms with Gasteiger partial charge >= 0.3 is 5.97 Å². The van der Waals surface area contributed by atoms with E-state index in [9.17, 15) is 14.7 Å². The van der Waals surface area contributed by atoms with Crippen LogP contribution in [-0.2, 0) is 9.59 Å². The maximum atomic E-state index is 13.4. The van der Waals surface area contributed by atoms with E-state index in [1.165, 1.54) is 0 Å². The van der Waals surface area contributed by atoms with Crippen LogP contribution < -0.4 is 5.32 Å². The lowest BCUT2D eigenvalue weighted by Crippen LogP contribution is -2.59. The first-order valence-corrected chi connectivity index (χ1v) is 13.1. The fourth-order valence-corrected chi connectivity index (χ4v) is 8.79. The average Bonchev–Trinajstić information content (AvgIpc) is 3.30. The molecule has 1 amide bonds. The third-order valence-electron chi connectivity index (χ3n) is 10.0. The number of hydrogen-bond acceptors (Lipinski definition) is 4. The van der Waals surface area contributed by atoms with E-state index in [4.69, 9.17) is 0 Å². The van der Waals surface area contributed by atoms with E-state index in [0.717, 1.165) is 32.1 Å². The summed E-state index contributed by atoms with van der Waals surface area (Å²) in [5, 5.41) is 13.2. The lowest BCUT2D eigenvalue weighted by atomic mass is 9.70. The van der Waals surface area contributed by atoms with Crippen molar-refractivity contribution >= 4 is 33.5 Å². The average molecular weight is 518 g/mol. The number of pyridine rings is 1. The first-order chi connectivity index (χ1) is 15.4. The molecule has 1 spiro atoms. The third-order valence-corrected chi connectivity index (χ3v) is 10.5.